The minimum Gasteiger partial charge on any atom is -0.397 e. The van der Waals surface area contributed by atoms with Gasteiger partial charge >= 0.3 is 0 Å². The zero-order valence-corrected chi connectivity index (χ0v) is 22.3. The van der Waals surface area contributed by atoms with Crippen LogP contribution >= 0.6 is 0 Å². The number of hydrogen-bond donors (Lipinski definition) is 3. The number of carbonyl (C=O) groups excluding carboxylic acids is 2. The van der Waals surface area contributed by atoms with E-state index in [1.54, 1.807) is 42.5 Å². The highest BCUT2D eigenvalue weighted by atomic mass is 16.5. The third-order valence-corrected chi connectivity index (χ3v) is 7.53. The number of carbonyl (C=O) groups is 2. The summed E-state index contributed by atoms with van der Waals surface area (Å²) in [6.07, 6.45) is 6.24. The van der Waals surface area contributed by atoms with Gasteiger partial charge in [0.15, 0.2) is 0 Å². The summed E-state index contributed by atoms with van der Waals surface area (Å²) in [6.45, 7) is 2.71. The molecular formula is C32H33N5O3. The fourth-order valence-electron chi connectivity index (χ4n) is 5.35. The van der Waals surface area contributed by atoms with Crippen LogP contribution in [0.25, 0.3) is 6.08 Å². The SMILES string of the molecule is N#Cc1ccc(NC(=O)C(CCCN2C[C@@H]3C[C@H]2CO3)c2ccc(/C=C/C(=O)Nc3ccccc3N)cc2)cc1. The number of morpholine rings is 1. The molecule has 4 N–H and O–H groups in total. The topological polar surface area (TPSA) is 120 Å². The Labute approximate surface area is 234 Å². The van der Waals surface area contributed by atoms with E-state index in [9.17, 15) is 9.59 Å². The van der Waals surface area contributed by atoms with Gasteiger partial charge < -0.3 is 21.1 Å². The van der Waals surface area contributed by atoms with Crippen LogP contribution in [0.3, 0.4) is 0 Å². The second-order valence-corrected chi connectivity index (χ2v) is 10.3. The van der Waals surface area contributed by atoms with Gasteiger partial charge in [-0.2, -0.15) is 5.26 Å². The molecule has 3 aromatic carbocycles. The molecule has 8 heteroatoms. The summed E-state index contributed by atoms with van der Waals surface area (Å²) in [5.74, 6) is -0.698. The third kappa shape index (κ3) is 6.75. The molecule has 0 aromatic heterocycles. The number of nitrogen functional groups attached to an aromatic ring is 1. The number of ether oxygens (including phenoxy) is 1. The molecule has 1 unspecified atom stereocenters. The molecule has 40 heavy (non-hydrogen) atoms. The van der Waals surface area contributed by atoms with Crippen LogP contribution in [0.15, 0.2) is 78.9 Å². The van der Waals surface area contributed by atoms with Crippen LogP contribution < -0.4 is 16.4 Å². The molecule has 8 nitrogen and oxygen atoms in total. The van der Waals surface area contributed by atoms with Gasteiger partial charge in [-0.1, -0.05) is 36.4 Å². The number of nitrogens with zero attached hydrogens (tertiary/aromatic N) is 2. The van der Waals surface area contributed by atoms with E-state index in [1.807, 2.05) is 36.4 Å². The average molecular weight is 536 g/mol. The van der Waals surface area contributed by atoms with Crippen molar-refractivity contribution in [2.24, 2.45) is 0 Å². The van der Waals surface area contributed by atoms with Crippen molar-refractivity contribution in [2.45, 2.75) is 37.3 Å². The molecule has 3 aromatic rings. The summed E-state index contributed by atoms with van der Waals surface area (Å²) < 4.78 is 5.72. The van der Waals surface area contributed by atoms with Gasteiger partial charge in [-0.3, -0.25) is 14.5 Å². The van der Waals surface area contributed by atoms with Crippen molar-refractivity contribution >= 4 is 35.0 Å². The van der Waals surface area contributed by atoms with Gasteiger partial charge in [-0.05, 0) is 79.4 Å². The van der Waals surface area contributed by atoms with E-state index < -0.39 is 0 Å². The van der Waals surface area contributed by atoms with E-state index in [4.69, 9.17) is 15.7 Å². The Kier molecular flexibility index (Phi) is 8.55. The summed E-state index contributed by atoms with van der Waals surface area (Å²) in [5.41, 5.74) is 9.94. The second-order valence-electron chi connectivity index (χ2n) is 10.3. The number of hydrogen-bond acceptors (Lipinski definition) is 6. The predicted octanol–water partition coefficient (Wildman–Crippen LogP) is 4.77. The number of amides is 2. The van der Waals surface area contributed by atoms with Gasteiger partial charge in [0.25, 0.3) is 0 Å². The highest BCUT2D eigenvalue weighted by molar-refractivity contribution is 6.03. The monoisotopic (exact) mass is 535 g/mol. The second kappa shape index (κ2) is 12.6. The van der Waals surface area contributed by atoms with Crippen LogP contribution in [-0.4, -0.2) is 48.6 Å². The van der Waals surface area contributed by atoms with E-state index in [0.717, 1.165) is 43.7 Å². The van der Waals surface area contributed by atoms with Crippen LogP contribution in [0.2, 0.25) is 0 Å². The lowest BCUT2D eigenvalue weighted by molar-refractivity contribution is -0.117. The molecule has 2 aliphatic rings. The van der Waals surface area contributed by atoms with Crippen molar-refractivity contribution in [1.29, 1.82) is 5.26 Å². The Hall–Kier alpha value is -4.45. The summed E-state index contributed by atoms with van der Waals surface area (Å²) in [4.78, 5) is 28.3. The van der Waals surface area contributed by atoms with E-state index >= 15 is 0 Å². The van der Waals surface area contributed by atoms with Crippen molar-refractivity contribution in [3.63, 3.8) is 0 Å². The Morgan fingerprint density at radius 2 is 1.85 bits per heavy atom. The van der Waals surface area contributed by atoms with Crippen LogP contribution in [-0.2, 0) is 14.3 Å². The molecule has 2 amide bonds. The molecular weight excluding hydrogens is 502 g/mol. The Morgan fingerprint density at radius 3 is 2.52 bits per heavy atom. The molecule has 0 aliphatic carbocycles. The van der Waals surface area contributed by atoms with Gasteiger partial charge in [0.05, 0.1) is 41.6 Å². The summed E-state index contributed by atoms with van der Waals surface area (Å²) in [5, 5.41) is 14.9. The molecule has 3 atom stereocenters. The van der Waals surface area contributed by atoms with Crippen molar-refractivity contribution in [3.05, 3.63) is 95.6 Å². The van der Waals surface area contributed by atoms with Gasteiger partial charge in [-0.15, -0.1) is 0 Å². The highest BCUT2D eigenvalue weighted by Gasteiger charge is 2.38. The standard InChI is InChI=1S/C32H33N5O3/c33-19-23-9-14-25(15-10-23)35-32(39)28(4-3-17-37-20-27-18-26(37)21-40-27)24-12-7-22(8-13-24)11-16-31(38)36-30-6-2-1-5-29(30)34/h1-2,5-16,26-28H,3-4,17-18,20-21,34H2,(H,35,39)(H,36,38)/b16-11+/t26-,27-,28?/m0/s1. The number of benzene rings is 3. The maximum Gasteiger partial charge on any atom is 0.248 e. The zero-order valence-electron chi connectivity index (χ0n) is 22.3. The number of anilines is 3. The first-order chi connectivity index (χ1) is 19.5. The number of nitrogens with one attached hydrogen (secondary N) is 2. The number of rotatable bonds is 10. The first-order valence-electron chi connectivity index (χ1n) is 13.6. The number of fused-ring (bicyclic) bond motifs is 2. The minimum atomic E-state index is -0.339. The lowest BCUT2D eigenvalue weighted by Crippen LogP contribution is -2.37. The number of nitriles is 1. The highest BCUT2D eigenvalue weighted by Crippen LogP contribution is 2.30. The molecule has 0 spiro atoms. The molecule has 0 saturated carbocycles. The number of nitrogens with two attached hydrogens (primary N) is 1. The van der Waals surface area contributed by atoms with Crippen molar-refractivity contribution < 1.29 is 14.3 Å². The van der Waals surface area contributed by atoms with E-state index in [0.29, 0.717) is 41.2 Å². The van der Waals surface area contributed by atoms with Crippen molar-refractivity contribution in [1.82, 2.24) is 4.90 Å². The van der Waals surface area contributed by atoms with Crippen LogP contribution in [0, 0.1) is 11.3 Å². The minimum absolute atomic E-state index is 0.0842. The molecule has 2 fully saturated rings. The lowest BCUT2D eigenvalue weighted by Gasteiger charge is -2.27. The van der Waals surface area contributed by atoms with Crippen molar-refractivity contribution in [3.8, 4) is 6.07 Å². The number of para-hydroxylation sites is 2. The molecule has 2 aliphatic heterocycles. The van der Waals surface area contributed by atoms with Gasteiger partial charge in [0, 0.05) is 24.4 Å². The van der Waals surface area contributed by atoms with Gasteiger partial charge in [0.2, 0.25) is 11.8 Å². The van der Waals surface area contributed by atoms with Crippen LogP contribution in [0.1, 0.15) is 41.9 Å². The Bertz CT molecular complexity index is 1410. The van der Waals surface area contributed by atoms with E-state index in [1.165, 1.54) is 6.08 Å². The molecule has 2 saturated heterocycles. The van der Waals surface area contributed by atoms with E-state index in [-0.39, 0.29) is 17.7 Å². The molecule has 2 bridgehead atoms. The summed E-state index contributed by atoms with van der Waals surface area (Å²) >= 11 is 0. The van der Waals surface area contributed by atoms with Crippen molar-refractivity contribution in [2.75, 3.05) is 36.1 Å². The average Bonchev–Trinajstić information content (AvgIpc) is 3.60. The van der Waals surface area contributed by atoms with Crippen LogP contribution in [0.5, 0.6) is 0 Å². The smallest absolute Gasteiger partial charge is 0.248 e. The van der Waals surface area contributed by atoms with Gasteiger partial charge in [-0.25, -0.2) is 0 Å². The number of likely N-dealkylation sites (tertiary alicyclic amines) is 1. The largest absolute Gasteiger partial charge is 0.397 e. The summed E-state index contributed by atoms with van der Waals surface area (Å²) in [6, 6.07) is 24.3. The third-order valence-electron chi connectivity index (χ3n) is 7.53. The first-order valence-corrected chi connectivity index (χ1v) is 13.6. The first kappa shape index (κ1) is 27.1. The molecule has 2 heterocycles. The maximum absolute atomic E-state index is 13.4. The Balaban J connectivity index is 1.24. The van der Waals surface area contributed by atoms with E-state index in [2.05, 4.69) is 21.6 Å². The molecule has 0 radical (unpaired) electrons. The fraction of sp³-hybridized carbons (Fsp3) is 0.281. The van der Waals surface area contributed by atoms with Crippen LogP contribution in [0.4, 0.5) is 17.1 Å². The normalized spacial score (nSPS) is 18.9. The quantitative estimate of drug-likeness (QED) is 0.254. The molecule has 204 valence electrons. The fourth-order valence-corrected chi connectivity index (χ4v) is 5.35. The maximum atomic E-state index is 13.4. The zero-order chi connectivity index (χ0) is 27.9. The predicted molar refractivity (Wildman–Crippen MR) is 156 cm³/mol. The summed E-state index contributed by atoms with van der Waals surface area (Å²) in [7, 11) is 0. The Morgan fingerprint density at radius 1 is 1.07 bits per heavy atom. The van der Waals surface area contributed by atoms with Gasteiger partial charge in [0.1, 0.15) is 0 Å². The molecule has 5 rings (SSSR count). The lowest BCUT2D eigenvalue weighted by atomic mass is 9.92.